The van der Waals surface area contributed by atoms with Gasteiger partial charge in [-0.3, -0.25) is 9.69 Å². The molecule has 3 rings (SSSR count). The maximum atomic E-state index is 12.5. The number of amides is 1. The van der Waals surface area contributed by atoms with Crippen molar-refractivity contribution >= 4 is 21.4 Å². The highest BCUT2D eigenvalue weighted by Crippen LogP contribution is 2.31. The molecule has 0 aromatic heterocycles. The SMILES string of the molecule is CCCN1CC(=O)N(c2ccccc2)[C@H]2CS(=O)(=O)C[C@H]21. The number of hydrogen-bond acceptors (Lipinski definition) is 4. The molecule has 2 aliphatic rings. The molecule has 2 aliphatic heterocycles. The third kappa shape index (κ3) is 2.70. The van der Waals surface area contributed by atoms with Crippen LogP contribution in [0, 0.1) is 0 Å². The van der Waals surface area contributed by atoms with Crippen LogP contribution in [0.15, 0.2) is 30.3 Å². The lowest BCUT2D eigenvalue weighted by Gasteiger charge is -2.43. The number of nitrogens with zero attached hydrogens (tertiary/aromatic N) is 2. The van der Waals surface area contributed by atoms with Crippen molar-refractivity contribution in [3.8, 4) is 0 Å². The van der Waals surface area contributed by atoms with Crippen LogP contribution in [0.5, 0.6) is 0 Å². The van der Waals surface area contributed by atoms with Gasteiger partial charge < -0.3 is 4.90 Å². The first-order chi connectivity index (χ1) is 10.0. The van der Waals surface area contributed by atoms with Gasteiger partial charge in [-0.1, -0.05) is 25.1 Å². The van der Waals surface area contributed by atoms with E-state index < -0.39 is 9.84 Å². The van der Waals surface area contributed by atoms with Gasteiger partial charge in [-0.05, 0) is 25.1 Å². The van der Waals surface area contributed by atoms with E-state index in [9.17, 15) is 13.2 Å². The third-order valence-corrected chi connectivity index (χ3v) is 5.95. The molecule has 1 aromatic carbocycles. The molecule has 2 saturated heterocycles. The van der Waals surface area contributed by atoms with Gasteiger partial charge in [0.2, 0.25) is 5.91 Å². The zero-order valence-corrected chi connectivity index (χ0v) is 12.9. The van der Waals surface area contributed by atoms with Gasteiger partial charge in [0.15, 0.2) is 9.84 Å². The van der Waals surface area contributed by atoms with Crippen molar-refractivity contribution in [3.05, 3.63) is 30.3 Å². The highest BCUT2D eigenvalue weighted by atomic mass is 32.2. The van der Waals surface area contributed by atoms with Crippen LogP contribution in [0.2, 0.25) is 0 Å². The van der Waals surface area contributed by atoms with Crippen molar-refractivity contribution in [3.63, 3.8) is 0 Å². The molecule has 2 fully saturated rings. The van der Waals surface area contributed by atoms with Crippen LogP contribution in [0.4, 0.5) is 5.69 Å². The Kier molecular flexibility index (Phi) is 3.75. The van der Waals surface area contributed by atoms with E-state index in [-0.39, 0.29) is 29.5 Å². The average Bonchev–Trinajstić information content (AvgIpc) is 2.75. The highest BCUT2D eigenvalue weighted by molar-refractivity contribution is 7.91. The standard InChI is InChI=1S/C15H20N2O3S/c1-2-8-16-9-15(18)17(12-6-4-3-5-7-12)14-11-21(19,20)10-13(14)16/h3-7,13-14H,2,8-11H2,1H3/t13-,14+/m1/s1. The van der Waals surface area contributed by atoms with Crippen molar-refractivity contribution in [1.29, 1.82) is 0 Å². The predicted molar refractivity (Wildman–Crippen MR) is 82.0 cm³/mol. The van der Waals surface area contributed by atoms with Gasteiger partial charge in [0, 0.05) is 11.7 Å². The van der Waals surface area contributed by atoms with Crippen molar-refractivity contribution in [1.82, 2.24) is 4.90 Å². The molecule has 0 saturated carbocycles. The Morgan fingerprint density at radius 1 is 1.14 bits per heavy atom. The lowest BCUT2D eigenvalue weighted by Crippen LogP contribution is -2.62. The molecule has 0 unspecified atom stereocenters. The van der Waals surface area contributed by atoms with Gasteiger partial charge in [-0.25, -0.2) is 8.42 Å². The molecule has 2 atom stereocenters. The molecule has 0 aliphatic carbocycles. The van der Waals surface area contributed by atoms with Gasteiger partial charge in [-0.15, -0.1) is 0 Å². The smallest absolute Gasteiger partial charge is 0.241 e. The van der Waals surface area contributed by atoms with Crippen molar-refractivity contribution in [2.45, 2.75) is 25.4 Å². The molecule has 1 amide bonds. The summed E-state index contributed by atoms with van der Waals surface area (Å²) >= 11 is 0. The fourth-order valence-corrected chi connectivity index (χ4v) is 5.40. The van der Waals surface area contributed by atoms with E-state index in [1.807, 2.05) is 42.2 Å². The van der Waals surface area contributed by atoms with E-state index in [1.54, 1.807) is 4.90 Å². The maximum Gasteiger partial charge on any atom is 0.241 e. The number of carbonyl (C=O) groups is 1. The quantitative estimate of drug-likeness (QED) is 0.833. The van der Waals surface area contributed by atoms with Gasteiger partial charge in [0.25, 0.3) is 0 Å². The molecule has 0 N–H and O–H groups in total. The zero-order valence-electron chi connectivity index (χ0n) is 12.1. The molecular formula is C15H20N2O3S. The predicted octanol–water partition coefficient (Wildman–Crippen LogP) is 0.911. The summed E-state index contributed by atoms with van der Waals surface area (Å²) in [5, 5.41) is 0. The Labute approximate surface area is 125 Å². The maximum absolute atomic E-state index is 12.5. The summed E-state index contributed by atoms with van der Waals surface area (Å²) in [7, 11) is -3.08. The summed E-state index contributed by atoms with van der Waals surface area (Å²) in [5.74, 6) is 0.222. The van der Waals surface area contributed by atoms with Gasteiger partial charge in [0.1, 0.15) is 0 Å². The minimum absolute atomic E-state index is 0.00648. The van der Waals surface area contributed by atoms with Crippen LogP contribution in [0.3, 0.4) is 0 Å². The van der Waals surface area contributed by atoms with Gasteiger partial charge in [0.05, 0.1) is 24.1 Å². The second-order valence-corrected chi connectivity index (χ2v) is 7.94. The molecule has 0 bridgehead atoms. The first-order valence-electron chi connectivity index (χ1n) is 7.33. The number of para-hydroxylation sites is 1. The Balaban J connectivity index is 1.97. The van der Waals surface area contributed by atoms with E-state index in [0.29, 0.717) is 6.54 Å². The second-order valence-electron chi connectivity index (χ2n) is 5.78. The molecule has 6 heteroatoms. The lowest BCUT2D eigenvalue weighted by molar-refractivity contribution is -0.123. The van der Waals surface area contributed by atoms with Crippen LogP contribution in [0.1, 0.15) is 13.3 Å². The summed E-state index contributed by atoms with van der Waals surface area (Å²) in [6.45, 7) is 3.12. The number of anilines is 1. The summed E-state index contributed by atoms with van der Waals surface area (Å²) < 4.78 is 24.1. The summed E-state index contributed by atoms with van der Waals surface area (Å²) in [5.41, 5.74) is 0.797. The topological polar surface area (TPSA) is 57.7 Å². The summed E-state index contributed by atoms with van der Waals surface area (Å²) in [6.07, 6.45) is 0.919. The Bertz CT molecular complexity index is 630. The first kappa shape index (κ1) is 14.5. The van der Waals surface area contributed by atoms with Crippen molar-refractivity contribution in [2.24, 2.45) is 0 Å². The normalized spacial score (nSPS) is 28.6. The monoisotopic (exact) mass is 308 g/mol. The number of rotatable bonds is 3. The van der Waals surface area contributed by atoms with Crippen LogP contribution < -0.4 is 4.90 Å². The number of carbonyl (C=O) groups excluding carboxylic acids is 1. The van der Waals surface area contributed by atoms with Gasteiger partial charge in [-0.2, -0.15) is 0 Å². The van der Waals surface area contributed by atoms with Crippen LogP contribution in [-0.2, 0) is 14.6 Å². The summed E-state index contributed by atoms with van der Waals surface area (Å²) in [6, 6.07) is 9.05. The fourth-order valence-electron chi connectivity index (χ4n) is 3.41. The van der Waals surface area contributed by atoms with E-state index in [0.717, 1.165) is 18.7 Å². The van der Waals surface area contributed by atoms with Crippen LogP contribution >= 0.6 is 0 Å². The molecule has 0 radical (unpaired) electrons. The largest absolute Gasteiger partial charge is 0.306 e. The second kappa shape index (κ2) is 5.42. The van der Waals surface area contributed by atoms with E-state index in [4.69, 9.17) is 0 Å². The Hall–Kier alpha value is -1.40. The van der Waals surface area contributed by atoms with E-state index in [2.05, 4.69) is 0 Å². The molecule has 21 heavy (non-hydrogen) atoms. The molecule has 2 heterocycles. The highest BCUT2D eigenvalue weighted by Gasteiger charge is 2.49. The number of hydrogen-bond donors (Lipinski definition) is 0. The minimum atomic E-state index is -3.08. The van der Waals surface area contributed by atoms with Crippen molar-refractivity contribution < 1.29 is 13.2 Å². The third-order valence-electron chi connectivity index (χ3n) is 4.25. The number of benzene rings is 1. The fraction of sp³-hybridized carbons (Fsp3) is 0.533. The summed E-state index contributed by atoms with van der Waals surface area (Å²) in [4.78, 5) is 16.3. The van der Waals surface area contributed by atoms with Crippen LogP contribution in [0.25, 0.3) is 0 Å². The van der Waals surface area contributed by atoms with E-state index in [1.165, 1.54) is 0 Å². The number of piperazine rings is 1. The first-order valence-corrected chi connectivity index (χ1v) is 9.15. The Morgan fingerprint density at radius 3 is 2.48 bits per heavy atom. The minimum Gasteiger partial charge on any atom is -0.306 e. The van der Waals surface area contributed by atoms with Gasteiger partial charge >= 0.3 is 0 Å². The van der Waals surface area contributed by atoms with E-state index >= 15 is 0 Å². The number of sulfone groups is 1. The number of fused-ring (bicyclic) bond motifs is 1. The lowest BCUT2D eigenvalue weighted by atomic mass is 10.0. The molecule has 0 spiro atoms. The average molecular weight is 308 g/mol. The molecule has 5 nitrogen and oxygen atoms in total. The van der Waals surface area contributed by atoms with Crippen molar-refractivity contribution in [2.75, 3.05) is 29.5 Å². The Morgan fingerprint density at radius 2 is 1.81 bits per heavy atom. The molecule has 114 valence electrons. The van der Waals surface area contributed by atoms with Crippen LogP contribution in [-0.4, -0.2) is 55.9 Å². The zero-order chi connectivity index (χ0) is 15.0. The molecular weight excluding hydrogens is 288 g/mol. The molecule has 1 aromatic rings.